The molecule has 48 valence electrons. The molecule has 8 heavy (non-hydrogen) atoms. The summed E-state index contributed by atoms with van der Waals surface area (Å²) < 4.78 is 0. The van der Waals surface area contributed by atoms with Crippen LogP contribution in [0.25, 0.3) is 0 Å². The van der Waals surface area contributed by atoms with Crippen molar-refractivity contribution in [3.05, 3.63) is 12.7 Å². The van der Waals surface area contributed by atoms with Gasteiger partial charge in [0.1, 0.15) is 0 Å². The number of carboxylic acids is 1. The van der Waals surface area contributed by atoms with Gasteiger partial charge < -0.3 is 16.1 Å². The average molecular weight is 150 g/mol. The zero-order chi connectivity index (χ0) is 4.28. The monoisotopic (exact) mass is 150 g/mol. The summed E-state index contributed by atoms with van der Waals surface area (Å²) in [6.07, 6.45) is 0.833. The Kier molecular flexibility index (Phi) is 46.5. The van der Waals surface area contributed by atoms with Crippen molar-refractivity contribution in [3.8, 4) is 0 Å². The first kappa shape index (κ1) is 23.8. The van der Waals surface area contributed by atoms with Crippen molar-refractivity contribution in [1.82, 2.24) is 0 Å². The van der Waals surface area contributed by atoms with Gasteiger partial charge >= 0.3 is 43.7 Å². The molecule has 0 atom stereocenters. The van der Waals surface area contributed by atoms with Crippen LogP contribution in [0.5, 0.6) is 0 Å². The molecule has 0 saturated carbocycles. The summed E-state index contributed by atoms with van der Waals surface area (Å²) in [7, 11) is 0. The zero-order valence-corrected chi connectivity index (χ0v) is 3.64. The Bertz CT molecular complexity index is 62.3. The first-order chi connectivity index (χ1) is 2.27. The molecule has 0 spiro atoms. The number of carboxylic acid groups (broad SMARTS) is 1. The second-order valence-corrected chi connectivity index (χ2v) is 0.542. The van der Waals surface area contributed by atoms with Gasteiger partial charge in [0, 0.05) is 6.08 Å². The van der Waals surface area contributed by atoms with E-state index < -0.39 is 5.97 Å². The van der Waals surface area contributed by atoms with E-state index in [1.807, 2.05) is 0 Å². The van der Waals surface area contributed by atoms with E-state index in [0.717, 1.165) is 6.08 Å². The summed E-state index contributed by atoms with van der Waals surface area (Å²) in [5.41, 5.74) is 0. The molecule has 0 aliphatic heterocycles. The van der Waals surface area contributed by atoms with E-state index >= 15 is 0 Å². The number of hydrogen-bond donors (Lipinski definition) is 1. The van der Waals surface area contributed by atoms with Crippen LogP contribution in [-0.2, 0) is 4.79 Å². The average Bonchev–Trinajstić information content (AvgIpc) is 1.38. The number of rotatable bonds is 1. The molecule has 0 aliphatic rings. The Balaban J connectivity index is -0.0000000267. The molecule has 0 fully saturated rings. The first-order valence-corrected chi connectivity index (χ1v) is 1.12. The fourth-order valence-corrected chi connectivity index (χ4v) is 0. The molecule has 0 aromatic rings. The maximum absolute atomic E-state index is 9.25. The summed E-state index contributed by atoms with van der Waals surface area (Å²) in [5.74, 6) is -0.981. The van der Waals surface area contributed by atoms with Gasteiger partial charge in [0.05, 0.1) is 0 Å². The third kappa shape index (κ3) is 32.5. The number of carbonyl (C=O) groups is 1. The van der Waals surface area contributed by atoms with Crippen molar-refractivity contribution in [2.45, 2.75) is 0 Å². The third-order valence-corrected chi connectivity index (χ3v) is 0.175. The van der Waals surface area contributed by atoms with Gasteiger partial charge in [-0.1, -0.05) is 6.58 Å². The van der Waals surface area contributed by atoms with E-state index in [-0.39, 0.29) is 48.7 Å². The molecule has 0 bridgehead atoms. The van der Waals surface area contributed by atoms with Gasteiger partial charge in [0.2, 0.25) is 0 Å². The topological polar surface area (TPSA) is 100 Å². The molecule has 0 amide bonds. The zero-order valence-electron chi connectivity index (χ0n) is 3.64. The molecule has 0 radical (unpaired) electrons. The molecule has 0 aromatic carbocycles. The number of hydrogen-bond acceptors (Lipinski definition) is 1. The van der Waals surface area contributed by atoms with Crippen LogP contribution in [-0.4, -0.2) is 59.8 Å². The van der Waals surface area contributed by atoms with Crippen LogP contribution < -0.4 is 0 Å². The van der Waals surface area contributed by atoms with Gasteiger partial charge in [-0.2, -0.15) is 0 Å². The maximum atomic E-state index is 9.25. The summed E-state index contributed by atoms with van der Waals surface area (Å²) in [6, 6.07) is 0. The van der Waals surface area contributed by atoms with Crippen molar-refractivity contribution >= 4 is 43.7 Å². The summed E-state index contributed by atoms with van der Waals surface area (Å²) in [5, 5.41) is 7.60. The fraction of sp³-hybridized carbons (Fsp3) is 0. The molecule has 0 saturated heterocycles. The van der Waals surface area contributed by atoms with Crippen LogP contribution in [0.3, 0.4) is 0 Å². The molecule has 5 N–H and O–H groups in total. The van der Waals surface area contributed by atoms with E-state index in [1.165, 1.54) is 0 Å². The van der Waals surface area contributed by atoms with Gasteiger partial charge in [-0.15, -0.1) is 0 Å². The quantitative estimate of drug-likeness (QED) is 0.335. The molecule has 0 aromatic heterocycles. The van der Waals surface area contributed by atoms with Crippen molar-refractivity contribution < 1.29 is 20.9 Å². The molecule has 0 heterocycles. The van der Waals surface area contributed by atoms with Crippen LogP contribution >= 0.6 is 0 Å². The first-order valence-electron chi connectivity index (χ1n) is 1.12. The molecule has 5 heteroatoms. The van der Waals surface area contributed by atoms with Crippen LogP contribution in [0.15, 0.2) is 12.7 Å². The Labute approximate surface area is 76.8 Å². The standard InChI is InChI=1S/C3H4O2.Ca.2H2O.2H/c1-2-3(4)5;;;;;/h2H,1H2,(H,4,5);;2*1H2;;. The predicted molar refractivity (Wildman–Crippen MR) is 33.6 cm³/mol. The molecule has 4 nitrogen and oxygen atoms in total. The van der Waals surface area contributed by atoms with E-state index in [2.05, 4.69) is 6.58 Å². The van der Waals surface area contributed by atoms with Gasteiger partial charge in [0.25, 0.3) is 0 Å². The molecule has 0 unspecified atom stereocenters. The van der Waals surface area contributed by atoms with Crippen molar-refractivity contribution in [3.63, 3.8) is 0 Å². The summed E-state index contributed by atoms with van der Waals surface area (Å²) in [4.78, 5) is 9.25. The molecular formula is C3H10CaO4. The minimum absolute atomic E-state index is 0. The van der Waals surface area contributed by atoms with Gasteiger partial charge in [-0.05, 0) is 0 Å². The second-order valence-electron chi connectivity index (χ2n) is 0.542. The van der Waals surface area contributed by atoms with Crippen molar-refractivity contribution in [2.24, 2.45) is 0 Å². The van der Waals surface area contributed by atoms with E-state index in [4.69, 9.17) is 5.11 Å². The van der Waals surface area contributed by atoms with Gasteiger partial charge in [-0.25, -0.2) is 4.79 Å². The van der Waals surface area contributed by atoms with Crippen molar-refractivity contribution in [1.29, 1.82) is 0 Å². The van der Waals surface area contributed by atoms with E-state index in [0.29, 0.717) is 0 Å². The second kappa shape index (κ2) is 15.7. The predicted octanol–water partition coefficient (Wildman–Crippen LogP) is -2.31. The normalized spacial score (nSPS) is 4.00. The summed E-state index contributed by atoms with van der Waals surface area (Å²) in [6.45, 7) is 2.96. The SMILES string of the molecule is C=CC(=O)O.O.O.[CaH2]. The fourth-order valence-electron chi connectivity index (χ4n) is 0. The van der Waals surface area contributed by atoms with Crippen molar-refractivity contribution in [2.75, 3.05) is 0 Å². The van der Waals surface area contributed by atoms with Crippen LogP contribution in [0.4, 0.5) is 0 Å². The van der Waals surface area contributed by atoms with Gasteiger partial charge in [0.15, 0.2) is 0 Å². The Morgan fingerprint density at radius 3 is 1.62 bits per heavy atom. The third-order valence-electron chi connectivity index (χ3n) is 0.175. The molecule has 0 rings (SSSR count). The van der Waals surface area contributed by atoms with E-state index in [9.17, 15) is 4.79 Å². The Morgan fingerprint density at radius 2 is 1.62 bits per heavy atom. The minimum atomic E-state index is -0.981. The van der Waals surface area contributed by atoms with E-state index in [1.54, 1.807) is 0 Å². The molecule has 0 aliphatic carbocycles. The molecular weight excluding hydrogens is 140 g/mol. The van der Waals surface area contributed by atoms with Crippen LogP contribution in [0.2, 0.25) is 0 Å². The Morgan fingerprint density at radius 1 is 1.50 bits per heavy atom. The van der Waals surface area contributed by atoms with Crippen LogP contribution in [0, 0.1) is 0 Å². The van der Waals surface area contributed by atoms with Gasteiger partial charge in [-0.3, -0.25) is 0 Å². The van der Waals surface area contributed by atoms with Crippen LogP contribution in [0.1, 0.15) is 0 Å². The number of aliphatic carboxylic acids is 1. The summed E-state index contributed by atoms with van der Waals surface area (Å²) >= 11 is 0. The Hall–Kier alpha value is 0.390.